The molecule has 2 aromatic heterocycles. The highest BCUT2D eigenvalue weighted by Gasteiger charge is 2.31. The number of halogens is 1. The summed E-state index contributed by atoms with van der Waals surface area (Å²) in [5.41, 5.74) is 2.19. The lowest BCUT2D eigenvalue weighted by Crippen LogP contribution is -2.51. The second-order valence-electron chi connectivity index (χ2n) is 7.24. The van der Waals surface area contributed by atoms with Crippen molar-refractivity contribution in [3.05, 3.63) is 40.9 Å². The number of piperidine rings is 1. The zero-order valence-corrected chi connectivity index (χ0v) is 15.4. The van der Waals surface area contributed by atoms with E-state index in [1.54, 1.807) is 10.9 Å². The van der Waals surface area contributed by atoms with Crippen LogP contribution in [0.4, 0.5) is 0 Å². The Bertz CT molecular complexity index is 938. The average molecular weight is 373 g/mol. The van der Waals surface area contributed by atoms with Gasteiger partial charge in [0.05, 0.1) is 37.2 Å². The number of hydrogen-bond acceptors (Lipinski definition) is 5. The largest absolute Gasteiger partial charge is 0.427 e. The summed E-state index contributed by atoms with van der Waals surface area (Å²) in [6, 6.07) is 5.28. The molecule has 6 nitrogen and oxygen atoms in total. The Hall–Kier alpha value is -1.89. The maximum atomic E-state index is 6.62. The average Bonchev–Trinajstić information content (AvgIpc) is 3.19. The summed E-state index contributed by atoms with van der Waals surface area (Å²) in [5, 5.41) is 6.26. The molecular weight excluding hydrogens is 352 g/mol. The molecule has 26 heavy (non-hydrogen) atoms. The first kappa shape index (κ1) is 16.3. The topological polar surface area (TPSA) is 56.3 Å². The first-order valence-electron chi connectivity index (χ1n) is 9.11. The van der Waals surface area contributed by atoms with Crippen molar-refractivity contribution in [1.82, 2.24) is 19.7 Å². The van der Waals surface area contributed by atoms with Crippen LogP contribution in [0.25, 0.3) is 16.9 Å². The van der Waals surface area contributed by atoms with Gasteiger partial charge in [-0.05, 0) is 56.5 Å². The fourth-order valence-electron chi connectivity index (χ4n) is 3.98. The van der Waals surface area contributed by atoms with Gasteiger partial charge in [0.15, 0.2) is 0 Å². The predicted molar refractivity (Wildman–Crippen MR) is 99.0 cm³/mol. The van der Waals surface area contributed by atoms with Gasteiger partial charge in [0, 0.05) is 10.4 Å². The van der Waals surface area contributed by atoms with E-state index in [0.29, 0.717) is 18.0 Å². The molecule has 1 aromatic carbocycles. The molecule has 2 aliphatic rings. The lowest BCUT2D eigenvalue weighted by molar-refractivity contribution is -0.0712. The monoisotopic (exact) mass is 372 g/mol. The predicted octanol–water partition coefficient (Wildman–Crippen LogP) is 3.55. The van der Waals surface area contributed by atoms with Crippen LogP contribution < -0.4 is 0 Å². The minimum Gasteiger partial charge on any atom is -0.427 e. The second-order valence-corrected chi connectivity index (χ2v) is 7.65. The zero-order chi connectivity index (χ0) is 17.7. The molecule has 4 heterocycles. The number of oxazole rings is 1. The highest BCUT2D eigenvalue weighted by Crippen LogP contribution is 2.36. The minimum atomic E-state index is 0.471. The molecule has 7 heteroatoms. The molecule has 2 saturated heterocycles. The fourth-order valence-corrected chi connectivity index (χ4v) is 4.30. The van der Waals surface area contributed by atoms with Gasteiger partial charge in [-0.2, -0.15) is 14.8 Å². The molecule has 136 valence electrons. The standard InChI is InChI=1S/C19H21ClN4O2/c1-12-8-21-19(26-12)24-18-7-16(17(20)6-14(18)9-22-24)13-2-4-23(5-3-13)15-10-25-11-15/h6-9,13,15H,2-5,10-11H2,1H3. The smallest absolute Gasteiger partial charge is 0.323 e. The number of nitrogens with zero attached hydrogens (tertiary/aromatic N) is 4. The lowest BCUT2D eigenvalue weighted by Gasteiger charge is -2.41. The molecule has 0 unspecified atom stereocenters. The van der Waals surface area contributed by atoms with E-state index in [-0.39, 0.29) is 0 Å². The first-order valence-corrected chi connectivity index (χ1v) is 9.48. The fraction of sp³-hybridized carbons (Fsp3) is 0.474. The van der Waals surface area contributed by atoms with Crippen LogP contribution in [0.3, 0.4) is 0 Å². The normalized spacial score (nSPS) is 19.9. The molecule has 0 aliphatic carbocycles. The Balaban J connectivity index is 1.45. The van der Waals surface area contributed by atoms with Gasteiger partial charge in [-0.3, -0.25) is 4.90 Å². The van der Waals surface area contributed by atoms with Crippen molar-refractivity contribution in [1.29, 1.82) is 0 Å². The molecule has 0 bridgehead atoms. The summed E-state index contributed by atoms with van der Waals surface area (Å²) in [4.78, 5) is 6.85. The van der Waals surface area contributed by atoms with Gasteiger partial charge < -0.3 is 9.15 Å². The van der Waals surface area contributed by atoms with Crippen LogP contribution in [0.2, 0.25) is 5.02 Å². The molecule has 5 rings (SSSR count). The first-order chi connectivity index (χ1) is 12.7. The maximum Gasteiger partial charge on any atom is 0.323 e. The van der Waals surface area contributed by atoms with Crippen molar-refractivity contribution in [2.24, 2.45) is 0 Å². The van der Waals surface area contributed by atoms with Gasteiger partial charge in [0.1, 0.15) is 5.76 Å². The Morgan fingerprint density at radius 1 is 1.15 bits per heavy atom. The summed E-state index contributed by atoms with van der Waals surface area (Å²) in [5.74, 6) is 1.24. The third-order valence-corrected chi connectivity index (χ3v) is 5.91. The second kappa shape index (κ2) is 6.37. The van der Waals surface area contributed by atoms with Crippen molar-refractivity contribution in [3.63, 3.8) is 0 Å². The summed E-state index contributed by atoms with van der Waals surface area (Å²) in [6.45, 7) is 5.85. The molecule has 0 N–H and O–H groups in total. The number of rotatable bonds is 3. The van der Waals surface area contributed by atoms with Crippen molar-refractivity contribution in [2.45, 2.75) is 31.7 Å². The van der Waals surface area contributed by atoms with Gasteiger partial charge in [-0.1, -0.05) is 11.6 Å². The van der Waals surface area contributed by atoms with Gasteiger partial charge in [0.2, 0.25) is 0 Å². The molecule has 0 atom stereocenters. The summed E-state index contributed by atoms with van der Waals surface area (Å²) in [6.07, 6.45) is 5.76. The van der Waals surface area contributed by atoms with Crippen LogP contribution in [0.15, 0.2) is 28.9 Å². The Kier molecular flexibility index (Phi) is 3.99. The van der Waals surface area contributed by atoms with Crippen LogP contribution in [0, 0.1) is 6.92 Å². The van der Waals surface area contributed by atoms with E-state index in [1.165, 1.54) is 5.56 Å². The number of aryl methyl sites for hydroxylation is 1. The number of benzene rings is 1. The summed E-state index contributed by atoms with van der Waals surface area (Å²) < 4.78 is 12.7. The van der Waals surface area contributed by atoms with Gasteiger partial charge in [-0.15, -0.1) is 0 Å². The SMILES string of the molecule is Cc1cnc(-n2ncc3cc(Cl)c(C4CCN(C5COC5)CC4)cc32)o1. The van der Waals surface area contributed by atoms with E-state index in [9.17, 15) is 0 Å². The van der Waals surface area contributed by atoms with Crippen molar-refractivity contribution >= 4 is 22.5 Å². The molecule has 0 radical (unpaired) electrons. The number of fused-ring (bicyclic) bond motifs is 1. The molecule has 0 saturated carbocycles. The number of likely N-dealkylation sites (tertiary alicyclic amines) is 1. The van der Waals surface area contributed by atoms with Crippen LogP contribution >= 0.6 is 11.6 Å². The van der Waals surface area contributed by atoms with Gasteiger partial charge >= 0.3 is 6.01 Å². The molecule has 0 amide bonds. The molecule has 0 spiro atoms. The maximum absolute atomic E-state index is 6.62. The zero-order valence-electron chi connectivity index (χ0n) is 14.7. The number of ether oxygens (including phenoxy) is 1. The van der Waals surface area contributed by atoms with E-state index in [4.69, 9.17) is 20.8 Å². The van der Waals surface area contributed by atoms with E-state index in [2.05, 4.69) is 21.0 Å². The highest BCUT2D eigenvalue weighted by molar-refractivity contribution is 6.32. The molecule has 3 aromatic rings. The Morgan fingerprint density at radius 3 is 2.62 bits per heavy atom. The lowest BCUT2D eigenvalue weighted by atomic mass is 9.88. The van der Waals surface area contributed by atoms with Crippen molar-refractivity contribution in [3.8, 4) is 6.01 Å². The van der Waals surface area contributed by atoms with Crippen LogP contribution in [0.1, 0.15) is 30.1 Å². The van der Waals surface area contributed by atoms with E-state index >= 15 is 0 Å². The number of aromatic nitrogens is 3. The third kappa shape index (κ3) is 2.73. The molecule has 2 fully saturated rings. The Morgan fingerprint density at radius 2 is 1.96 bits per heavy atom. The Labute approximate surface area is 156 Å². The number of hydrogen-bond donors (Lipinski definition) is 0. The van der Waals surface area contributed by atoms with E-state index < -0.39 is 0 Å². The summed E-state index contributed by atoms with van der Waals surface area (Å²) in [7, 11) is 0. The quantitative estimate of drug-likeness (QED) is 0.703. The van der Waals surface area contributed by atoms with Crippen molar-refractivity contribution < 1.29 is 9.15 Å². The van der Waals surface area contributed by atoms with Gasteiger partial charge in [-0.25, -0.2) is 0 Å². The highest BCUT2D eigenvalue weighted by atomic mass is 35.5. The third-order valence-electron chi connectivity index (χ3n) is 5.58. The van der Waals surface area contributed by atoms with Crippen molar-refractivity contribution in [2.75, 3.05) is 26.3 Å². The van der Waals surface area contributed by atoms with Gasteiger partial charge in [0.25, 0.3) is 0 Å². The van der Waals surface area contributed by atoms with E-state index in [0.717, 1.165) is 60.8 Å². The van der Waals surface area contributed by atoms with Crippen LogP contribution in [-0.4, -0.2) is 52.0 Å². The molecule has 2 aliphatic heterocycles. The summed E-state index contributed by atoms with van der Waals surface area (Å²) >= 11 is 6.62. The minimum absolute atomic E-state index is 0.471. The van der Waals surface area contributed by atoms with Crippen LogP contribution in [-0.2, 0) is 4.74 Å². The van der Waals surface area contributed by atoms with E-state index in [1.807, 2.05) is 19.2 Å². The molecular formula is C19H21ClN4O2. The van der Waals surface area contributed by atoms with Crippen LogP contribution in [0.5, 0.6) is 0 Å².